The van der Waals surface area contributed by atoms with Gasteiger partial charge in [0.25, 0.3) is 0 Å². The molecule has 0 bridgehead atoms. The van der Waals surface area contributed by atoms with E-state index in [1.54, 1.807) is 0 Å². The van der Waals surface area contributed by atoms with E-state index in [9.17, 15) is 5.11 Å². The molecule has 5 heteroatoms. The average Bonchev–Trinajstić information content (AvgIpc) is 2.31. The number of anilines is 1. The number of piperidine rings is 1. The fourth-order valence-corrected chi connectivity index (χ4v) is 3.15. The van der Waals surface area contributed by atoms with Gasteiger partial charge in [0.05, 0.1) is 10.2 Å². The Morgan fingerprint density at radius 3 is 2.76 bits per heavy atom. The van der Waals surface area contributed by atoms with Crippen molar-refractivity contribution in [3.05, 3.63) is 18.0 Å². The van der Waals surface area contributed by atoms with E-state index in [1.165, 1.54) is 5.56 Å². The van der Waals surface area contributed by atoms with Gasteiger partial charge in [-0.3, -0.25) is 0 Å². The molecule has 1 aliphatic rings. The summed E-state index contributed by atoms with van der Waals surface area (Å²) in [5.41, 5.74) is 1.19. The summed E-state index contributed by atoms with van der Waals surface area (Å²) in [6.45, 7) is 2.99. The van der Waals surface area contributed by atoms with Gasteiger partial charge in [0.15, 0.2) is 0 Å². The van der Waals surface area contributed by atoms with Gasteiger partial charge >= 0.3 is 0 Å². The van der Waals surface area contributed by atoms with Crippen molar-refractivity contribution >= 4 is 28.5 Å². The average molecular weight is 347 g/mol. The van der Waals surface area contributed by atoms with Gasteiger partial charge in [-0.05, 0) is 18.4 Å². The molecule has 2 atom stereocenters. The number of aliphatic hydroxyl groups excluding tert-OH is 1. The maximum Gasteiger partial charge on any atom is 0.226 e. The lowest BCUT2D eigenvalue weighted by atomic mass is 10.1. The normalized spacial score (nSPS) is 25.0. The van der Waals surface area contributed by atoms with Crippen LogP contribution in [0.3, 0.4) is 0 Å². The molecular weight excluding hydrogens is 329 g/mol. The molecule has 2 rings (SSSR count). The quantitative estimate of drug-likeness (QED) is 0.517. The van der Waals surface area contributed by atoms with Gasteiger partial charge in [0.1, 0.15) is 0 Å². The smallest absolute Gasteiger partial charge is 0.226 e. The summed E-state index contributed by atoms with van der Waals surface area (Å²) in [6.07, 6.45) is 7.41. The van der Waals surface area contributed by atoms with Crippen LogP contribution in [0.2, 0.25) is 0 Å². The fourth-order valence-electron chi connectivity index (χ4n) is 2.04. The summed E-state index contributed by atoms with van der Waals surface area (Å²) in [7, 11) is 0. The highest BCUT2D eigenvalue weighted by atomic mass is 127. The summed E-state index contributed by atoms with van der Waals surface area (Å²) in [5, 5.41) is 9.59. The summed E-state index contributed by atoms with van der Waals surface area (Å²) >= 11 is 2.35. The molecule has 17 heavy (non-hydrogen) atoms. The van der Waals surface area contributed by atoms with E-state index in [-0.39, 0.29) is 10.2 Å². The van der Waals surface area contributed by atoms with Crippen molar-refractivity contribution < 1.29 is 5.11 Å². The molecule has 0 aromatic carbocycles. The number of alkyl halides is 1. The molecule has 1 saturated heterocycles. The van der Waals surface area contributed by atoms with Gasteiger partial charge in [-0.15, -0.1) is 0 Å². The lowest BCUT2D eigenvalue weighted by molar-refractivity contribution is 0.142. The van der Waals surface area contributed by atoms with Crippen LogP contribution in [-0.2, 0) is 6.42 Å². The van der Waals surface area contributed by atoms with Crippen molar-refractivity contribution in [2.24, 2.45) is 0 Å². The van der Waals surface area contributed by atoms with E-state index < -0.39 is 0 Å². The molecule has 1 N–H and O–H groups in total. The molecule has 1 aromatic rings. The van der Waals surface area contributed by atoms with Crippen molar-refractivity contribution in [2.75, 3.05) is 11.4 Å². The number of aromatic nitrogens is 2. The molecule has 2 unspecified atom stereocenters. The van der Waals surface area contributed by atoms with Gasteiger partial charge in [0.2, 0.25) is 5.95 Å². The molecule has 0 saturated carbocycles. The minimum absolute atomic E-state index is 0.174. The lowest BCUT2D eigenvalue weighted by Crippen LogP contribution is -2.41. The van der Waals surface area contributed by atoms with Gasteiger partial charge < -0.3 is 10.0 Å². The zero-order valence-corrected chi connectivity index (χ0v) is 12.2. The second kappa shape index (κ2) is 5.95. The third-order valence-corrected chi connectivity index (χ3v) is 4.18. The first-order valence-electron chi connectivity index (χ1n) is 6.10. The topological polar surface area (TPSA) is 49.2 Å². The molecule has 0 spiro atoms. The Labute approximate surface area is 116 Å². The molecule has 1 aliphatic heterocycles. The third-order valence-electron chi connectivity index (χ3n) is 3.00. The first-order chi connectivity index (χ1) is 8.20. The fraction of sp³-hybridized carbons (Fsp3) is 0.667. The summed E-state index contributed by atoms with van der Waals surface area (Å²) in [4.78, 5) is 11.0. The minimum Gasteiger partial charge on any atom is -0.393 e. The minimum atomic E-state index is -0.174. The Bertz CT molecular complexity index is 357. The van der Waals surface area contributed by atoms with Crippen LogP contribution < -0.4 is 4.90 Å². The Morgan fingerprint density at radius 1 is 1.47 bits per heavy atom. The number of halogens is 1. The van der Waals surface area contributed by atoms with Crippen molar-refractivity contribution in [2.45, 2.75) is 42.8 Å². The zero-order valence-electron chi connectivity index (χ0n) is 10.0. The number of nitrogens with zero attached hydrogens (tertiary/aromatic N) is 3. The summed E-state index contributed by atoms with van der Waals surface area (Å²) < 4.78 is 0.286. The van der Waals surface area contributed by atoms with Crippen molar-refractivity contribution in [3.63, 3.8) is 0 Å². The van der Waals surface area contributed by atoms with E-state index in [0.29, 0.717) is 0 Å². The van der Waals surface area contributed by atoms with Crippen LogP contribution >= 0.6 is 22.6 Å². The van der Waals surface area contributed by atoms with E-state index in [4.69, 9.17) is 0 Å². The second-order valence-electron chi connectivity index (χ2n) is 4.45. The predicted octanol–water partition coefficient (Wildman–Crippen LogP) is 2.15. The van der Waals surface area contributed by atoms with Crippen LogP contribution in [0.15, 0.2) is 12.4 Å². The third kappa shape index (κ3) is 3.28. The van der Waals surface area contributed by atoms with Crippen LogP contribution in [0, 0.1) is 0 Å². The molecule has 0 radical (unpaired) electrons. The summed E-state index contributed by atoms with van der Waals surface area (Å²) in [6, 6.07) is 0. The maximum atomic E-state index is 9.59. The molecule has 1 aromatic heterocycles. The van der Waals surface area contributed by atoms with Crippen LogP contribution in [0.25, 0.3) is 0 Å². The van der Waals surface area contributed by atoms with Gasteiger partial charge in [-0.1, -0.05) is 35.9 Å². The van der Waals surface area contributed by atoms with Crippen molar-refractivity contribution in [1.82, 2.24) is 9.97 Å². The highest BCUT2D eigenvalue weighted by Gasteiger charge is 2.26. The monoisotopic (exact) mass is 347 g/mol. The molecule has 1 fully saturated rings. The first-order valence-corrected chi connectivity index (χ1v) is 7.35. The zero-order chi connectivity index (χ0) is 12.3. The Morgan fingerprint density at radius 2 is 2.18 bits per heavy atom. The van der Waals surface area contributed by atoms with Crippen molar-refractivity contribution in [3.8, 4) is 0 Å². The largest absolute Gasteiger partial charge is 0.393 e. The predicted molar refractivity (Wildman–Crippen MR) is 76.4 cm³/mol. The number of hydrogen-bond donors (Lipinski definition) is 1. The van der Waals surface area contributed by atoms with Crippen LogP contribution in [-0.4, -0.2) is 31.8 Å². The van der Waals surface area contributed by atoms with E-state index in [0.717, 1.165) is 38.2 Å². The molecule has 94 valence electrons. The van der Waals surface area contributed by atoms with Crippen LogP contribution in [0.5, 0.6) is 0 Å². The van der Waals surface area contributed by atoms with E-state index in [2.05, 4.69) is 44.4 Å². The number of aryl methyl sites for hydroxylation is 1. The van der Waals surface area contributed by atoms with Gasteiger partial charge in [-0.25, -0.2) is 9.97 Å². The molecular formula is C12H18IN3O. The molecule has 4 nitrogen and oxygen atoms in total. The Hall–Kier alpha value is -0.430. The number of hydrogen-bond acceptors (Lipinski definition) is 4. The maximum absolute atomic E-state index is 9.59. The standard InChI is InChI=1S/C12H18IN3O/c1-2-3-9-7-14-12(15-8-9)16-5-4-10(17)6-11(16)13/h7-8,10-11,17H,2-6H2,1H3. The lowest BCUT2D eigenvalue weighted by Gasteiger charge is -2.34. The number of rotatable bonds is 3. The first kappa shape index (κ1) is 13.0. The van der Waals surface area contributed by atoms with Crippen molar-refractivity contribution in [1.29, 1.82) is 0 Å². The van der Waals surface area contributed by atoms with E-state index >= 15 is 0 Å². The Balaban J connectivity index is 2.06. The molecule has 0 amide bonds. The van der Waals surface area contributed by atoms with Crippen LogP contribution in [0.1, 0.15) is 31.7 Å². The number of aliphatic hydroxyl groups is 1. The highest BCUT2D eigenvalue weighted by molar-refractivity contribution is 14.1. The highest BCUT2D eigenvalue weighted by Crippen LogP contribution is 2.25. The molecule has 0 aliphatic carbocycles. The van der Waals surface area contributed by atoms with Crippen LogP contribution in [0.4, 0.5) is 5.95 Å². The van der Waals surface area contributed by atoms with E-state index in [1.807, 2.05) is 12.4 Å². The molecule has 2 heterocycles. The van der Waals surface area contributed by atoms with Gasteiger partial charge in [-0.2, -0.15) is 0 Å². The van der Waals surface area contributed by atoms with Gasteiger partial charge in [0, 0.05) is 25.4 Å². The summed E-state index contributed by atoms with van der Waals surface area (Å²) in [5.74, 6) is 0.788. The SMILES string of the molecule is CCCc1cnc(N2CCC(O)CC2I)nc1. The Kier molecular flexibility index (Phi) is 4.55. The second-order valence-corrected chi connectivity index (χ2v) is 5.89.